The number of hydrogen-bond acceptors (Lipinski definition) is 6. The molecule has 0 aliphatic carbocycles. The molecule has 1 unspecified atom stereocenters. The van der Waals surface area contributed by atoms with E-state index in [1.807, 2.05) is 24.3 Å². The molecule has 0 aromatic heterocycles. The highest BCUT2D eigenvalue weighted by atomic mass is 32.2. The molecule has 3 rings (SSSR count). The normalized spacial score (nSPS) is 16.3. The minimum Gasteiger partial charge on any atom is -0.481 e. The van der Waals surface area contributed by atoms with Gasteiger partial charge in [-0.05, 0) is 36.1 Å². The van der Waals surface area contributed by atoms with Crippen LogP contribution in [0.25, 0.3) is 0 Å². The molecule has 2 aromatic rings. The van der Waals surface area contributed by atoms with Gasteiger partial charge in [0, 0.05) is 38.3 Å². The van der Waals surface area contributed by atoms with Gasteiger partial charge in [0.05, 0.1) is 9.82 Å². The molecule has 178 valence electrons. The number of nitrogens with zero attached hydrogens (tertiary/aromatic N) is 3. The molecular weight excluding hydrogens is 446 g/mol. The molecule has 1 atom stereocenters. The first-order valence-corrected chi connectivity index (χ1v) is 12.1. The fourth-order valence-corrected chi connectivity index (χ4v) is 5.07. The number of nitro groups is 1. The molecule has 1 aliphatic heterocycles. The second-order valence-corrected chi connectivity index (χ2v) is 11.0. The van der Waals surface area contributed by atoms with E-state index in [1.165, 1.54) is 22.5 Å². The maximum atomic E-state index is 12.9. The standard InChI is InChI=1S/C23H29N3O6S/c1-17(32-20-9-5-7-18(15-20)23(2,3)4)22(27)24-11-13-25(14-12-24)33(30,31)21-10-6-8-19(16-21)26(28)29/h5-10,15-17H,11-14H2,1-4H3. The van der Waals surface area contributed by atoms with E-state index in [4.69, 9.17) is 4.74 Å². The summed E-state index contributed by atoms with van der Waals surface area (Å²) in [7, 11) is -3.90. The van der Waals surface area contributed by atoms with E-state index in [0.29, 0.717) is 5.75 Å². The Morgan fingerprint density at radius 3 is 2.30 bits per heavy atom. The van der Waals surface area contributed by atoms with Gasteiger partial charge in [-0.3, -0.25) is 14.9 Å². The lowest BCUT2D eigenvalue weighted by Gasteiger charge is -2.35. The summed E-state index contributed by atoms with van der Waals surface area (Å²) in [5.41, 5.74) is 0.763. The molecule has 0 bridgehead atoms. The number of ether oxygens (including phenoxy) is 1. The van der Waals surface area contributed by atoms with Crippen molar-refractivity contribution < 1.29 is 22.9 Å². The van der Waals surface area contributed by atoms with Crippen LogP contribution >= 0.6 is 0 Å². The molecule has 1 heterocycles. The summed E-state index contributed by atoms with van der Waals surface area (Å²) in [6.07, 6.45) is -0.722. The number of piperazine rings is 1. The van der Waals surface area contributed by atoms with Crippen molar-refractivity contribution >= 4 is 21.6 Å². The van der Waals surface area contributed by atoms with Crippen LogP contribution in [0, 0.1) is 10.1 Å². The predicted molar refractivity (Wildman–Crippen MR) is 124 cm³/mol. The Balaban J connectivity index is 1.63. The lowest BCUT2D eigenvalue weighted by molar-refractivity contribution is -0.385. The van der Waals surface area contributed by atoms with Crippen LogP contribution in [-0.2, 0) is 20.2 Å². The third kappa shape index (κ3) is 5.69. The molecule has 0 spiro atoms. The molecule has 1 aliphatic rings. The predicted octanol–water partition coefficient (Wildman–Crippen LogP) is 3.19. The minimum atomic E-state index is -3.90. The second-order valence-electron chi connectivity index (χ2n) is 9.02. The Bertz CT molecular complexity index is 1130. The molecule has 33 heavy (non-hydrogen) atoms. The number of non-ortho nitro benzene ring substituents is 1. The fraction of sp³-hybridized carbons (Fsp3) is 0.435. The SMILES string of the molecule is CC(Oc1cccc(C(C)(C)C)c1)C(=O)N1CCN(S(=O)(=O)c2cccc([N+](=O)[O-])c2)CC1. The third-order valence-corrected chi connectivity index (χ3v) is 7.47. The number of benzene rings is 2. The topological polar surface area (TPSA) is 110 Å². The maximum Gasteiger partial charge on any atom is 0.270 e. The highest BCUT2D eigenvalue weighted by Gasteiger charge is 2.32. The smallest absolute Gasteiger partial charge is 0.270 e. The quantitative estimate of drug-likeness (QED) is 0.469. The molecule has 1 saturated heterocycles. The lowest BCUT2D eigenvalue weighted by atomic mass is 9.87. The van der Waals surface area contributed by atoms with E-state index in [9.17, 15) is 23.3 Å². The van der Waals surface area contributed by atoms with Gasteiger partial charge < -0.3 is 9.64 Å². The molecular formula is C23H29N3O6S. The second kappa shape index (κ2) is 9.48. The van der Waals surface area contributed by atoms with E-state index in [-0.39, 0.29) is 48.1 Å². The van der Waals surface area contributed by atoms with Gasteiger partial charge in [0.2, 0.25) is 10.0 Å². The van der Waals surface area contributed by atoms with Gasteiger partial charge in [0.1, 0.15) is 5.75 Å². The Morgan fingerprint density at radius 1 is 1.06 bits per heavy atom. The highest BCUT2D eigenvalue weighted by molar-refractivity contribution is 7.89. The molecule has 0 N–H and O–H groups in total. The van der Waals surface area contributed by atoms with Crippen LogP contribution in [0.15, 0.2) is 53.4 Å². The summed E-state index contributed by atoms with van der Waals surface area (Å²) in [6, 6.07) is 12.6. The van der Waals surface area contributed by atoms with Crippen molar-refractivity contribution in [2.45, 2.75) is 44.1 Å². The molecule has 1 amide bonds. The monoisotopic (exact) mass is 475 g/mol. The molecule has 10 heteroatoms. The van der Waals surface area contributed by atoms with Gasteiger partial charge in [0.25, 0.3) is 11.6 Å². The van der Waals surface area contributed by atoms with Crippen molar-refractivity contribution in [3.8, 4) is 5.75 Å². The fourth-order valence-electron chi connectivity index (χ4n) is 3.60. The first-order valence-electron chi connectivity index (χ1n) is 10.7. The van der Waals surface area contributed by atoms with Crippen molar-refractivity contribution in [2.75, 3.05) is 26.2 Å². The summed E-state index contributed by atoms with van der Waals surface area (Å²) in [4.78, 5) is 24.7. The number of carbonyl (C=O) groups is 1. The molecule has 1 fully saturated rings. The van der Waals surface area contributed by atoms with Crippen LogP contribution in [-0.4, -0.2) is 60.7 Å². The Labute approximate surface area is 194 Å². The van der Waals surface area contributed by atoms with Crippen molar-refractivity contribution in [1.82, 2.24) is 9.21 Å². The van der Waals surface area contributed by atoms with E-state index >= 15 is 0 Å². The minimum absolute atomic E-state index is 0.0480. The summed E-state index contributed by atoms with van der Waals surface area (Å²) < 4.78 is 32.9. The number of hydrogen-bond donors (Lipinski definition) is 0. The van der Waals surface area contributed by atoms with Gasteiger partial charge in [-0.2, -0.15) is 4.31 Å². The van der Waals surface area contributed by atoms with Gasteiger partial charge in [-0.25, -0.2) is 8.42 Å². The third-order valence-electron chi connectivity index (χ3n) is 5.58. The van der Waals surface area contributed by atoms with E-state index in [2.05, 4.69) is 20.8 Å². The Morgan fingerprint density at radius 2 is 1.70 bits per heavy atom. The summed E-state index contributed by atoms with van der Waals surface area (Å²) >= 11 is 0. The zero-order valence-corrected chi connectivity index (χ0v) is 20.0. The summed E-state index contributed by atoms with van der Waals surface area (Å²) in [5, 5.41) is 11.0. The molecule has 2 aromatic carbocycles. The van der Waals surface area contributed by atoms with Crippen LogP contribution in [0.5, 0.6) is 5.75 Å². The molecule has 0 radical (unpaired) electrons. The summed E-state index contributed by atoms with van der Waals surface area (Å²) in [6.45, 7) is 8.60. The number of nitro benzene ring substituents is 1. The van der Waals surface area contributed by atoms with E-state index < -0.39 is 21.1 Å². The Hall–Kier alpha value is -2.98. The lowest BCUT2D eigenvalue weighted by Crippen LogP contribution is -2.53. The average Bonchev–Trinajstić information content (AvgIpc) is 2.78. The van der Waals surface area contributed by atoms with E-state index in [1.54, 1.807) is 11.8 Å². The number of rotatable bonds is 6. The number of carbonyl (C=O) groups excluding carboxylic acids is 1. The number of amides is 1. The van der Waals surface area contributed by atoms with Crippen LogP contribution in [0.3, 0.4) is 0 Å². The van der Waals surface area contributed by atoms with Crippen LogP contribution < -0.4 is 4.74 Å². The zero-order valence-electron chi connectivity index (χ0n) is 19.2. The molecule has 0 saturated carbocycles. The highest BCUT2D eigenvalue weighted by Crippen LogP contribution is 2.26. The van der Waals surface area contributed by atoms with Gasteiger partial charge >= 0.3 is 0 Å². The van der Waals surface area contributed by atoms with Crippen LogP contribution in [0.4, 0.5) is 5.69 Å². The van der Waals surface area contributed by atoms with E-state index in [0.717, 1.165) is 11.6 Å². The van der Waals surface area contributed by atoms with Crippen molar-refractivity contribution in [3.63, 3.8) is 0 Å². The van der Waals surface area contributed by atoms with Gasteiger partial charge in [-0.1, -0.05) is 39.0 Å². The number of sulfonamides is 1. The maximum absolute atomic E-state index is 12.9. The van der Waals surface area contributed by atoms with Crippen molar-refractivity contribution in [2.24, 2.45) is 0 Å². The Kier molecular flexibility index (Phi) is 7.08. The molecule has 9 nitrogen and oxygen atoms in total. The zero-order chi connectivity index (χ0) is 24.4. The van der Waals surface area contributed by atoms with Crippen LogP contribution in [0.1, 0.15) is 33.3 Å². The first kappa shape index (κ1) is 24.7. The average molecular weight is 476 g/mol. The van der Waals surface area contributed by atoms with Gasteiger partial charge in [0.15, 0.2) is 6.10 Å². The van der Waals surface area contributed by atoms with Crippen molar-refractivity contribution in [1.29, 1.82) is 0 Å². The first-order chi connectivity index (χ1) is 15.4. The van der Waals surface area contributed by atoms with Gasteiger partial charge in [-0.15, -0.1) is 0 Å². The van der Waals surface area contributed by atoms with Crippen LogP contribution in [0.2, 0.25) is 0 Å². The largest absolute Gasteiger partial charge is 0.481 e. The summed E-state index contributed by atoms with van der Waals surface area (Å²) in [5.74, 6) is 0.388. The van der Waals surface area contributed by atoms with Crippen molar-refractivity contribution in [3.05, 3.63) is 64.2 Å².